The zero-order valence-electron chi connectivity index (χ0n) is 19.7. The van der Waals surface area contributed by atoms with Crippen LogP contribution in [0.1, 0.15) is 51.3 Å². The molecule has 0 unspecified atom stereocenters. The van der Waals surface area contributed by atoms with E-state index in [4.69, 9.17) is 0 Å². The van der Waals surface area contributed by atoms with Crippen LogP contribution >= 0.6 is 0 Å². The van der Waals surface area contributed by atoms with Gasteiger partial charge in [0, 0.05) is 30.3 Å². The van der Waals surface area contributed by atoms with Gasteiger partial charge in [0.05, 0.1) is 11.3 Å². The Hall–Kier alpha value is -3.29. The van der Waals surface area contributed by atoms with Gasteiger partial charge in [-0.3, -0.25) is 9.59 Å². The first-order chi connectivity index (χ1) is 16.2. The van der Waals surface area contributed by atoms with Crippen molar-refractivity contribution < 1.29 is 18.0 Å². The van der Waals surface area contributed by atoms with Crippen molar-refractivity contribution in [1.29, 1.82) is 0 Å². The van der Waals surface area contributed by atoms with Gasteiger partial charge in [-0.2, -0.15) is 0 Å². The minimum atomic E-state index is -3.55. The van der Waals surface area contributed by atoms with Crippen molar-refractivity contribution in [2.45, 2.75) is 32.6 Å². The van der Waals surface area contributed by atoms with E-state index in [0.29, 0.717) is 22.3 Å². The molecule has 3 rings (SSSR count). The Labute approximate surface area is 201 Å². The highest BCUT2D eigenvalue weighted by atomic mass is 32.2. The van der Waals surface area contributed by atoms with E-state index >= 15 is 0 Å². The van der Waals surface area contributed by atoms with Gasteiger partial charge < -0.3 is 4.90 Å². The Morgan fingerprint density at radius 2 is 1.44 bits per heavy atom. The molecule has 0 aliphatic rings. The molecular weight excluding hydrogens is 448 g/mol. The number of aryl methyl sites for hydroxylation is 1. The van der Waals surface area contributed by atoms with E-state index in [9.17, 15) is 18.0 Å². The average molecular weight is 479 g/mol. The third-order valence-corrected chi connectivity index (χ3v) is 6.83. The number of rotatable bonds is 10. The quantitative estimate of drug-likeness (QED) is 0.443. The summed E-state index contributed by atoms with van der Waals surface area (Å²) in [4.78, 5) is 28.1. The summed E-state index contributed by atoms with van der Waals surface area (Å²) in [5.74, 6) is -0.665. The van der Waals surface area contributed by atoms with E-state index in [-0.39, 0.29) is 36.6 Å². The van der Waals surface area contributed by atoms with E-state index in [1.54, 1.807) is 65.6 Å². The topological polar surface area (TPSA) is 83.6 Å². The first kappa shape index (κ1) is 25.3. The van der Waals surface area contributed by atoms with Gasteiger partial charge in [-0.15, -0.1) is 0 Å². The number of nitrogens with zero attached hydrogens (tertiary/aromatic N) is 1. The van der Waals surface area contributed by atoms with Crippen LogP contribution in [0.25, 0.3) is 0 Å². The predicted octanol–water partition coefficient (Wildman–Crippen LogP) is 4.20. The molecule has 34 heavy (non-hydrogen) atoms. The molecule has 0 atom stereocenters. The fraction of sp³-hybridized carbons (Fsp3) is 0.259. The Balaban J connectivity index is 1.74. The molecule has 7 heteroatoms. The maximum Gasteiger partial charge on any atom is 0.254 e. The zero-order chi connectivity index (χ0) is 24.7. The minimum Gasteiger partial charge on any atom is -0.335 e. The normalized spacial score (nSPS) is 11.4. The van der Waals surface area contributed by atoms with Crippen molar-refractivity contribution in [2.24, 2.45) is 0 Å². The summed E-state index contributed by atoms with van der Waals surface area (Å²) in [5, 5.41) is 0. The molecule has 178 valence electrons. The van der Waals surface area contributed by atoms with Crippen LogP contribution in [-0.4, -0.2) is 44.1 Å². The molecule has 0 fully saturated rings. The van der Waals surface area contributed by atoms with E-state index in [0.717, 1.165) is 5.56 Å². The molecule has 0 spiro atoms. The fourth-order valence-corrected chi connectivity index (χ4v) is 4.78. The molecular formula is C27H30N2O4S. The lowest BCUT2D eigenvalue weighted by Gasteiger charge is -2.27. The van der Waals surface area contributed by atoms with Crippen molar-refractivity contribution in [2.75, 3.05) is 13.1 Å². The molecule has 3 aromatic carbocycles. The molecule has 6 nitrogen and oxygen atoms in total. The average Bonchev–Trinajstić information content (AvgIpc) is 2.81. The summed E-state index contributed by atoms with van der Waals surface area (Å²) in [6.45, 7) is 5.92. The molecule has 0 aliphatic heterocycles. The van der Waals surface area contributed by atoms with Gasteiger partial charge in [0.1, 0.15) is 0 Å². The van der Waals surface area contributed by atoms with Crippen molar-refractivity contribution in [1.82, 2.24) is 9.62 Å². The highest BCUT2D eigenvalue weighted by Gasteiger charge is 2.24. The van der Waals surface area contributed by atoms with Crippen molar-refractivity contribution in [3.8, 4) is 0 Å². The number of carbonyl (C=O) groups excluding carboxylic acids is 2. The first-order valence-electron chi connectivity index (χ1n) is 11.2. The minimum absolute atomic E-state index is 0.0765. The summed E-state index contributed by atoms with van der Waals surface area (Å²) in [7, 11) is -3.55. The van der Waals surface area contributed by atoms with Crippen LogP contribution in [0, 0.1) is 6.92 Å². The molecule has 3 aromatic rings. The van der Waals surface area contributed by atoms with Crippen molar-refractivity contribution in [3.63, 3.8) is 0 Å². The Kier molecular flexibility index (Phi) is 8.36. The van der Waals surface area contributed by atoms with Gasteiger partial charge in [-0.05, 0) is 32.4 Å². The Morgan fingerprint density at radius 1 is 0.853 bits per heavy atom. The third-order valence-electron chi connectivity index (χ3n) is 5.47. The van der Waals surface area contributed by atoms with Crippen LogP contribution in [0.3, 0.4) is 0 Å². The van der Waals surface area contributed by atoms with Crippen LogP contribution in [0.5, 0.6) is 0 Å². The highest BCUT2D eigenvalue weighted by Crippen LogP contribution is 2.18. The third kappa shape index (κ3) is 6.62. The number of benzene rings is 3. The number of sulfonamides is 1. The van der Waals surface area contributed by atoms with Crippen LogP contribution in [-0.2, 0) is 15.8 Å². The first-order valence-corrected chi connectivity index (χ1v) is 12.9. The summed E-state index contributed by atoms with van der Waals surface area (Å²) in [5.41, 5.74) is 2.87. The van der Waals surface area contributed by atoms with E-state index in [1.807, 2.05) is 39.0 Å². The second-order valence-corrected chi connectivity index (χ2v) is 10.3. The largest absolute Gasteiger partial charge is 0.335 e. The number of amides is 1. The standard InChI is InChI=1S/C27H30N2O4S/c1-20(2)29(18-17-28-34(32,33)19-22-9-5-4-6-10-22)27(31)25-12-8-7-11-24(25)26(30)23-15-13-21(3)14-16-23/h4-16,20,28H,17-19H2,1-3H3. The van der Waals surface area contributed by atoms with Crippen molar-refractivity contribution >= 4 is 21.7 Å². The lowest BCUT2D eigenvalue weighted by Crippen LogP contribution is -2.43. The molecule has 0 saturated heterocycles. The lowest BCUT2D eigenvalue weighted by molar-refractivity contribution is 0.0706. The molecule has 0 aromatic heterocycles. The molecule has 0 bridgehead atoms. The monoisotopic (exact) mass is 478 g/mol. The second-order valence-electron chi connectivity index (χ2n) is 8.47. The summed E-state index contributed by atoms with van der Waals surface area (Å²) < 4.78 is 27.5. The summed E-state index contributed by atoms with van der Waals surface area (Å²) >= 11 is 0. The van der Waals surface area contributed by atoms with Crippen LogP contribution in [0.15, 0.2) is 78.9 Å². The fourth-order valence-electron chi connectivity index (χ4n) is 3.64. The molecule has 1 N–H and O–H groups in total. The Morgan fingerprint density at radius 3 is 2.06 bits per heavy atom. The van der Waals surface area contributed by atoms with Gasteiger partial charge >= 0.3 is 0 Å². The smallest absolute Gasteiger partial charge is 0.254 e. The van der Waals surface area contributed by atoms with Crippen LogP contribution < -0.4 is 4.72 Å². The van der Waals surface area contributed by atoms with E-state index < -0.39 is 10.0 Å². The Bertz CT molecular complexity index is 1240. The SMILES string of the molecule is Cc1ccc(C(=O)c2ccccc2C(=O)N(CCNS(=O)(=O)Cc2ccccc2)C(C)C)cc1. The second kappa shape index (κ2) is 11.2. The number of carbonyl (C=O) groups is 2. The van der Waals surface area contributed by atoms with Crippen molar-refractivity contribution in [3.05, 3.63) is 107 Å². The lowest BCUT2D eigenvalue weighted by atomic mass is 9.96. The van der Waals surface area contributed by atoms with Gasteiger partial charge in [0.2, 0.25) is 10.0 Å². The molecule has 0 aliphatic carbocycles. The van der Waals surface area contributed by atoms with Gasteiger partial charge in [-0.25, -0.2) is 13.1 Å². The summed E-state index contributed by atoms with van der Waals surface area (Å²) in [6.07, 6.45) is 0. The van der Waals surface area contributed by atoms with Crippen LogP contribution in [0.2, 0.25) is 0 Å². The maximum atomic E-state index is 13.4. The van der Waals surface area contributed by atoms with Crippen LogP contribution in [0.4, 0.5) is 0 Å². The highest BCUT2D eigenvalue weighted by molar-refractivity contribution is 7.88. The zero-order valence-corrected chi connectivity index (χ0v) is 20.5. The molecule has 1 amide bonds. The molecule has 0 saturated carbocycles. The molecule has 0 radical (unpaired) electrons. The number of hydrogen-bond acceptors (Lipinski definition) is 4. The number of nitrogens with one attached hydrogen (secondary N) is 1. The van der Waals surface area contributed by atoms with E-state index in [2.05, 4.69) is 4.72 Å². The van der Waals surface area contributed by atoms with Gasteiger partial charge in [0.15, 0.2) is 5.78 Å². The van der Waals surface area contributed by atoms with E-state index in [1.165, 1.54) is 0 Å². The summed E-state index contributed by atoms with van der Waals surface area (Å²) in [6, 6.07) is 22.7. The van der Waals surface area contributed by atoms with Gasteiger partial charge in [-0.1, -0.05) is 78.4 Å². The molecule has 0 heterocycles. The number of hydrogen-bond donors (Lipinski definition) is 1. The maximum absolute atomic E-state index is 13.4. The number of ketones is 1. The van der Waals surface area contributed by atoms with Gasteiger partial charge in [0.25, 0.3) is 5.91 Å². The predicted molar refractivity (Wildman–Crippen MR) is 134 cm³/mol.